The summed E-state index contributed by atoms with van der Waals surface area (Å²) in [5.74, 6) is -2.05. The number of aryl methyl sites for hydroxylation is 2. The van der Waals surface area contributed by atoms with Gasteiger partial charge in [-0.15, -0.1) is 0 Å². The summed E-state index contributed by atoms with van der Waals surface area (Å²) < 4.78 is 40.6. The molecule has 0 radical (unpaired) electrons. The average Bonchev–Trinajstić information content (AvgIpc) is 3.49. The van der Waals surface area contributed by atoms with Crippen molar-refractivity contribution >= 4 is 11.9 Å². The molecule has 34 heavy (non-hydrogen) atoms. The number of halogens is 3. The Balaban J connectivity index is 0.000000406. The third-order valence-corrected chi connectivity index (χ3v) is 5.07. The van der Waals surface area contributed by atoms with Crippen molar-refractivity contribution in [3.8, 4) is 0 Å². The molecule has 4 rings (SSSR count). The number of rotatable bonds is 6. The van der Waals surface area contributed by atoms with E-state index in [1.54, 1.807) is 24.0 Å². The Morgan fingerprint density at radius 3 is 2.56 bits per heavy atom. The molecule has 1 atom stereocenters. The van der Waals surface area contributed by atoms with Crippen LogP contribution in [0.5, 0.6) is 0 Å². The highest BCUT2D eigenvalue weighted by Crippen LogP contribution is 2.24. The van der Waals surface area contributed by atoms with Crippen LogP contribution in [0, 0.1) is 6.92 Å². The van der Waals surface area contributed by atoms with Gasteiger partial charge < -0.3 is 14.9 Å². The normalized spacial score (nSPS) is 15.9. The molecule has 0 saturated heterocycles. The second kappa shape index (κ2) is 10.5. The molecule has 11 nitrogen and oxygen atoms in total. The van der Waals surface area contributed by atoms with E-state index in [2.05, 4.69) is 30.3 Å². The quantitative estimate of drug-likeness (QED) is 0.544. The van der Waals surface area contributed by atoms with E-state index < -0.39 is 12.1 Å². The van der Waals surface area contributed by atoms with Gasteiger partial charge >= 0.3 is 12.1 Å². The van der Waals surface area contributed by atoms with Crippen molar-refractivity contribution in [3.63, 3.8) is 0 Å². The molecule has 0 bridgehead atoms. The number of alkyl halides is 3. The number of carboxylic acids is 1. The second-order valence-electron chi connectivity index (χ2n) is 7.71. The van der Waals surface area contributed by atoms with Gasteiger partial charge in [-0.25, -0.2) is 4.79 Å². The minimum absolute atomic E-state index is 0.110. The van der Waals surface area contributed by atoms with E-state index in [1.165, 1.54) is 5.69 Å². The van der Waals surface area contributed by atoms with Gasteiger partial charge in [0.2, 0.25) is 0 Å². The Kier molecular flexibility index (Phi) is 7.71. The van der Waals surface area contributed by atoms with Crippen LogP contribution < -0.4 is 5.32 Å². The summed E-state index contributed by atoms with van der Waals surface area (Å²) in [5.41, 5.74) is 2.66. The van der Waals surface area contributed by atoms with Crippen molar-refractivity contribution in [3.05, 3.63) is 53.4 Å². The van der Waals surface area contributed by atoms with Crippen LogP contribution in [0.4, 0.5) is 13.2 Å². The molecule has 184 valence electrons. The third kappa shape index (κ3) is 6.43. The van der Waals surface area contributed by atoms with Crippen LogP contribution in [0.3, 0.4) is 0 Å². The largest absolute Gasteiger partial charge is 0.490 e. The van der Waals surface area contributed by atoms with E-state index in [0.29, 0.717) is 12.2 Å². The maximum atomic E-state index is 12.2. The molecular formula is C20H24F3N7O4. The maximum absolute atomic E-state index is 12.2. The molecule has 1 aliphatic rings. The minimum atomic E-state index is -5.08. The first-order valence-corrected chi connectivity index (χ1v) is 10.3. The van der Waals surface area contributed by atoms with Gasteiger partial charge in [0.25, 0.3) is 5.91 Å². The van der Waals surface area contributed by atoms with Gasteiger partial charge in [-0.2, -0.15) is 23.4 Å². The van der Waals surface area contributed by atoms with Crippen molar-refractivity contribution in [1.82, 2.24) is 34.9 Å². The number of carbonyl (C=O) groups excluding carboxylic acids is 1. The van der Waals surface area contributed by atoms with Gasteiger partial charge in [0, 0.05) is 51.7 Å². The molecule has 0 fully saturated rings. The Hall–Kier alpha value is -3.68. The number of nitrogens with one attached hydrogen (secondary N) is 1. The van der Waals surface area contributed by atoms with Crippen LogP contribution >= 0.6 is 0 Å². The predicted octanol–water partition coefficient (Wildman–Crippen LogP) is 1.92. The number of carbonyl (C=O) groups is 2. The first-order valence-electron chi connectivity index (χ1n) is 10.3. The maximum Gasteiger partial charge on any atom is 0.490 e. The zero-order chi connectivity index (χ0) is 24.9. The highest BCUT2D eigenvalue weighted by molar-refractivity contribution is 5.92. The lowest BCUT2D eigenvalue weighted by Gasteiger charge is -2.33. The summed E-state index contributed by atoms with van der Waals surface area (Å²) in [6.07, 6.45) is -0.831. The molecule has 2 N–H and O–H groups in total. The molecule has 1 amide bonds. The molecule has 0 spiro atoms. The number of amides is 1. The zero-order valence-corrected chi connectivity index (χ0v) is 18.5. The number of fused-ring (bicyclic) bond motifs is 1. The van der Waals surface area contributed by atoms with Crippen LogP contribution in [-0.4, -0.2) is 65.9 Å². The summed E-state index contributed by atoms with van der Waals surface area (Å²) in [6, 6.07) is 5.92. The standard InChI is InChI=1S/C18H23N7O2.C2HF3O2/c1-13-9-14(22-27-13)10-24-11-15(25-16(12-24)4-7-21-25)3-6-19-18(26)17-5-8-20-23(17)2;3-2(4,5)1(6)7/h4-5,7-9,15H,3,6,10-12H2,1-2H3,(H,19,26);(H,6,7). The number of hydrogen-bond donors (Lipinski definition) is 2. The molecule has 1 unspecified atom stereocenters. The van der Waals surface area contributed by atoms with Gasteiger partial charge in [-0.05, 0) is 25.5 Å². The topological polar surface area (TPSA) is 131 Å². The van der Waals surface area contributed by atoms with E-state index in [-0.39, 0.29) is 11.9 Å². The Morgan fingerprint density at radius 2 is 1.97 bits per heavy atom. The molecular weight excluding hydrogens is 459 g/mol. The summed E-state index contributed by atoms with van der Waals surface area (Å²) in [4.78, 5) is 23.5. The highest BCUT2D eigenvalue weighted by atomic mass is 19.4. The third-order valence-electron chi connectivity index (χ3n) is 5.07. The minimum Gasteiger partial charge on any atom is -0.475 e. The predicted molar refractivity (Wildman–Crippen MR) is 110 cm³/mol. The average molecular weight is 483 g/mol. The number of carboxylic acid groups (broad SMARTS) is 1. The SMILES string of the molecule is Cc1cc(CN2Cc3ccnn3C(CCNC(=O)c3ccnn3C)C2)no1.O=C(O)C(F)(F)F. The van der Waals surface area contributed by atoms with E-state index in [0.717, 1.165) is 37.5 Å². The van der Waals surface area contributed by atoms with Crippen molar-refractivity contribution < 1.29 is 32.4 Å². The number of aliphatic carboxylic acids is 1. The van der Waals surface area contributed by atoms with Crippen LogP contribution in [-0.2, 0) is 24.9 Å². The van der Waals surface area contributed by atoms with E-state index in [9.17, 15) is 18.0 Å². The van der Waals surface area contributed by atoms with Crippen LogP contribution in [0.15, 0.2) is 35.1 Å². The van der Waals surface area contributed by atoms with Crippen molar-refractivity contribution in [1.29, 1.82) is 0 Å². The summed E-state index contributed by atoms with van der Waals surface area (Å²) >= 11 is 0. The number of nitrogens with zero attached hydrogens (tertiary/aromatic N) is 6. The Morgan fingerprint density at radius 1 is 1.26 bits per heavy atom. The van der Waals surface area contributed by atoms with E-state index >= 15 is 0 Å². The lowest BCUT2D eigenvalue weighted by Crippen LogP contribution is -2.39. The van der Waals surface area contributed by atoms with Crippen molar-refractivity contribution in [2.45, 2.75) is 38.7 Å². The molecule has 3 aromatic heterocycles. The van der Waals surface area contributed by atoms with Gasteiger partial charge in [0.1, 0.15) is 11.5 Å². The summed E-state index contributed by atoms with van der Waals surface area (Å²) in [5, 5.41) is 22.7. The molecule has 0 saturated carbocycles. The van der Waals surface area contributed by atoms with Gasteiger partial charge in [0.15, 0.2) is 0 Å². The molecule has 3 aromatic rings. The van der Waals surface area contributed by atoms with Crippen LogP contribution in [0.25, 0.3) is 0 Å². The number of hydrogen-bond acceptors (Lipinski definition) is 7. The van der Waals surface area contributed by atoms with Crippen molar-refractivity contribution in [2.24, 2.45) is 7.05 Å². The Labute approximate surface area is 192 Å². The lowest BCUT2D eigenvalue weighted by atomic mass is 10.1. The lowest BCUT2D eigenvalue weighted by molar-refractivity contribution is -0.192. The van der Waals surface area contributed by atoms with Crippen molar-refractivity contribution in [2.75, 3.05) is 13.1 Å². The number of aromatic nitrogens is 5. The monoisotopic (exact) mass is 483 g/mol. The van der Waals surface area contributed by atoms with E-state index in [1.807, 2.05) is 25.3 Å². The summed E-state index contributed by atoms with van der Waals surface area (Å²) in [6.45, 7) is 4.88. The molecule has 14 heteroatoms. The fraction of sp³-hybridized carbons (Fsp3) is 0.450. The second-order valence-corrected chi connectivity index (χ2v) is 7.71. The first-order chi connectivity index (χ1) is 16.0. The van der Waals surface area contributed by atoms with Gasteiger partial charge in [-0.3, -0.25) is 19.1 Å². The van der Waals surface area contributed by atoms with Crippen LogP contribution in [0.1, 0.15) is 40.1 Å². The van der Waals surface area contributed by atoms with Gasteiger partial charge in [0.05, 0.1) is 17.4 Å². The van der Waals surface area contributed by atoms with Crippen LogP contribution in [0.2, 0.25) is 0 Å². The Bertz CT molecular complexity index is 1120. The molecule has 0 aromatic carbocycles. The highest BCUT2D eigenvalue weighted by Gasteiger charge is 2.38. The smallest absolute Gasteiger partial charge is 0.475 e. The first kappa shape index (κ1) is 25.0. The fourth-order valence-corrected chi connectivity index (χ4v) is 3.56. The fourth-order valence-electron chi connectivity index (χ4n) is 3.56. The molecule has 1 aliphatic heterocycles. The van der Waals surface area contributed by atoms with E-state index in [4.69, 9.17) is 14.4 Å². The van der Waals surface area contributed by atoms with Gasteiger partial charge in [-0.1, -0.05) is 5.16 Å². The summed E-state index contributed by atoms with van der Waals surface area (Å²) in [7, 11) is 1.76. The molecule has 0 aliphatic carbocycles. The zero-order valence-electron chi connectivity index (χ0n) is 18.5. The molecule has 4 heterocycles.